The molecule has 1 aliphatic rings. The van der Waals surface area contributed by atoms with E-state index in [1.54, 1.807) is 20.8 Å². The lowest BCUT2D eigenvalue weighted by atomic mass is 9.93. The molecule has 0 aromatic carbocycles. The molecule has 1 N–H and O–H groups in total. The van der Waals surface area contributed by atoms with Gasteiger partial charge in [0.15, 0.2) is 0 Å². The Morgan fingerprint density at radius 1 is 1.40 bits per heavy atom. The van der Waals surface area contributed by atoms with Gasteiger partial charge >= 0.3 is 6.09 Å². The molecule has 1 fully saturated rings. The topological polar surface area (TPSA) is 59.0 Å². The van der Waals surface area contributed by atoms with Gasteiger partial charge in [-0.15, -0.1) is 0 Å². The summed E-state index contributed by atoms with van der Waals surface area (Å²) in [7, 11) is 0. The van der Waals surface area contributed by atoms with E-state index in [4.69, 9.17) is 14.6 Å². The second-order valence-electron chi connectivity index (χ2n) is 6.04. The minimum atomic E-state index is -3.03. The van der Waals surface area contributed by atoms with Crippen molar-refractivity contribution in [2.24, 2.45) is 5.92 Å². The lowest BCUT2D eigenvalue weighted by Gasteiger charge is -2.42. The first-order valence-corrected chi connectivity index (χ1v) is 6.66. The molecule has 0 aromatic heterocycles. The van der Waals surface area contributed by atoms with E-state index in [2.05, 4.69) is 0 Å². The molecular formula is C13H23F2NO4. The number of halogens is 2. The second kappa shape index (κ2) is 6.22. The Hall–Kier alpha value is -0.950. The van der Waals surface area contributed by atoms with Crippen molar-refractivity contribution in [2.75, 3.05) is 26.3 Å². The standard InChI is InChI=1S/C13H23F2NO4/c1-9-7-16(11(18)20-12(2,3)4)8-10(13(9,14)15)19-6-5-17/h9-10,17H,5-8H2,1-4H3. The Morgan fingerprint density at radius 2 is 2.00 bits per heavy atom. The average molecular weight is 295 g/mol. The summed E-state index contributed by atoms with van der Waals surface area (Å²) in [4.78, 5) is 13.2. The van der Waals surface area contributed by atoms with Gasteiger partial charge in [0.25, 0.3) is 5.92 Å². The third kappa shape index (κ3) is 4.28. The molecule has 1 aliphatic heterocycles. The third-order valence-electron chi connectivity index (χ3n) is 3.03. The predicted molar refractivity (Wildman–Crippen MR) is 68.7 cm³/mol. The summed E-state index contributed by atoms with van der Waals surface area (Å²) in [5.74, 6) is -4.07. The number of aliphatic hydroxyl groups is 1. The van der Waals surface area contributed by atoms with Crippen molar-refractivity contribution < 1.29 is 28.2 Å². The molecule has 118 valence electrons. The molecule has 20 heavy (non-hydrogen) atoms. The van der Waals surface area contributed by atoms with Crippen LogP contribution >= 0.6 is 0 Å². The number of piperidine rings is 1. The molecule has 1 heterocycles. The van der Waals surface area contributed by atoms with E-state index in [0.29, 0.717) is 0 Å². The summed E-state index contributed by atoms with van der Waals surface area (Å²) in [6.07, 6.45) is -2.05. The van der Waals surface area contributed by atoms with Crippen molar-refractivity contribution in [3.8, 4) is 0 Å². The minimum Gasteiger partial charge on any atom is -0.444 e. The molecule has 0 bridgehead atoms. The van der Waals surface area contributed by atoms with Crippen molar-refractivity contribution in [3.05, 3.63) is 0 Å². The van der Waals surface area contributed by atoms with Crippen LogP contribution in [0.5, 0.6) is 0 Å². The normalized spacial score (nSPS) is 26.4. The summed E-state index contributed by atoms with van der Waals surface area (Å²) in [6, 6.07) is 0. The average Bonchev–Trinajstić information content (AvgIpc) is 2.28. The number of nitrogens with zero attached hydrogens (tertiary/aromatic N) is 1. The summed E-state index contributed by atoms with van der Waals surface area (Å²) in [5.41, 5.74) is -0.679. The van der Waals surface area contributed by atoms with Gasteiger partial charge in [0, 0.05) is 12.5 Å². The molecule has 0 radical (unpaired) electrons. The molecule has 1 rings (SSSR count). The Kier molecular flexibility index (Phi) is 5.32. The van der Waals surface area contributed by atoms with Gasteiger partial charge in [0.1, 0.15) is 11.7 Å². The minimum absolute atomic E-state index is 0.0824. The van der Waals surface area contributed by atoms with Crippen molar-refractivity contribution in [3.63, 3.8) is 0 Å². The van der Waals surface area contributed by atoms with Crippen molar-refractivity contribution in [2.45, 2.75) is 45.3 Å². The van der Waals surface area contributed by atoms with E-state index in [1.165, 1.54) is 11.8 Å². The summed E-state index contributed by atoms with van der Waals surface area (Å²) >= 11 is 0. The Labute approximate surface area is 117 Å². The van der Waals surface area contributed by atoms with Crippen LogP contribution in [0.3, 0.4) is 0 Å². The molecule has 7 heteroatoms. The summed E-state index contributed by atoms with van der Waals surface area (Å²) in [6.45, 7) is 5.66. The molecule has 0 aliphatic carbocycles. The fraction of sp³-hybridized carbons (Fsp3) is 0.923. The smallest absolute Gasteiger partial charge is 0.410 e. The highest BCUT2D eigenvalue weighted by atomic mass is 19.3. The first-order valence-electron chi connectivity index (χ1n) is 6.66. The van der Waals surface area contributed by atoms with Crippen LogP contribution in [0.15, 0.2) is 0 Å². The first kappa shape index (κ1) is 17.1. The second-order valence-corrected chi connectivity index (χ2v) is 6.04. The molecule has 1 saturated heterocycles. The van der Waals surface area contributed by atoms with Gasteiger partial charge in [0.05, 0.1) is 19.8 Å². The van der Waals surface area contributed by atoms with Gasteiger partial charge in [-0.05, 0) is 20.8 Å². The molecule has 0 aromatic rings. The highest BCUT2D eigenvalue weighted by Gasteiger charge is 2.51. The lowest BCUT2D eigenvalue weighted by Crippen LogP contribution is -2.58. The largest absolute Gasteiger partial charge is 0.444 e. The maximum atomic E-state index is 14.0. The van der Waals surface area contributed by atoms with E-state index in [0.717, 1.165) is 0 Å². The van der Waals surface area contributed by atoms with Gasteiger partial charge in [0.2, 0.25) is 0 Å². The van der Waals surface area contributed by atoms with Gasteiger partial charge in [-0.1, -0.05) is 6.92 Å². The van der Waals surface area contributed by atoms with Crippen LogP contribution < -0.4 is 0 Å². The predicted octanol–water partition coefficient (Wildman–Crippen LogP) is 1.89. The fourth-order valence-electron chi connectivity index (χ4n) is 2.00. The Bertz CT molecular complexity index is 344. The fourth-order valence-corrected chi connectivity index (χ4v) is 2.00. The van der Waals surface area contributed by atoms with Gasteiger partial charge in [-0.2, -0.15) is 0 Å². The number of carbonyl (C=O) groups excluding carboxylic acids is 1. The maximum Gasteiger partial charge on any atom is 0.410 e. The zero-order valence-corrected chi connectivity index (χ0v) is 12.4. The Balaban J connectivity index is 2.74. The molecule has 2 unspecified atom stereocenters. The van der Waals surface area contributed by atoms with Crippen LogP contribution in [0.1, 0.15) is 27.7 Å². The zero-order valence-electron chi connectivity index (χ0n) is 12.4. The van der Waals surface area contributed by atoms with Crippen LogP contribution in [0.2, 0.25) is 0 Å². The number of rotatable bonds is 3. The monoisotopic (exact) mass is 295 g/mol. The number of amides is 1. The first-order chi connectivity index (χ1) is 9.08. The number of likely N-dealkylation sites (tertiary alicyclic amines) is 1. The quantitative estimate of drug-likeness (QED) is 0.864. The molecule has 1 amide bonds. The van der Waals surface area contributed by atoms with Gasteiger partial charge in [-0.25, -0.2) is 13.6 Å². The Morgan fingerprint density at radius 3 is 2.50 bits per heavy atom. The summed E-state index contributed by atoms with van der Waals surface area (Å²) < 4.78 is 38.1. The molecule has 5 nitrogen and oxygen atoms in total. The van der Waals surface area contributed by atoms with E-state index >= 15 is 0 Å². The van der Waals surface area contributed by atoms with Crippen molar-refractivity contribution in [1.29, 1.82) is 0 Å². The number of ether oxygens (including phenoxy) is 2. The van der Waals surface area contributed by atoms with E-state index < -0.39 is 29.6 Å². The van der Waals surface area contributed by atoms with Crippen LogP contribution in [0.4, 0.5) is 13.6 Å². The number of hydrogen-bond donors (Lipinski definition) is 1. The lowest BCUT2D eigenvalue weighted by molar-refractivity contribution is -0.198. The van der Waals surface area contributed by atoms with Gasteiger partial charge in [-0.3, -0.25) is 0 Å². The number of hydrogen-bond acceptors (Lipinski definition) is 4. The van der Waals surface area contributed by atoms with Crippen LogP contribution in [0.25, 0.3) is 0 Å². The van der Waals surface area contributed by atoms with E-state index in [1.807, 2.05) is 0 Å². The van der Waals surface area contributed by atoms with E-state index in [9.17, 15) is 13.6 Å². The van der Waals surface area contributed by atoms with Crippen LogP contribution in [0, 0.1) is 5.92 Å². The van der Waals surface area contributed by atoms with Crippen molar-refractivity contribution >= 4 is 6.09 Å². The number of aliphatic hydroxyl groups excluding tert-OH is 1. The highest BCUT2D eigenvalue weighted by Crippen LogP contribution is 2.35. The van der Waals surface area contributed by atoms with Crippen LogP contribution in [-0.2, 0) is 9.47 Å². The number of carbonyl (C=O) groups is 1. The zero-order chi connectivity index (χ0) is 15.6. The highest BCUT2D eigenvalue weighted by molar-refractivity contribution is 5.68. The number of alkyl halides is 2. The van der Waals surface area contributed by atoms with Crippen molar-refractivity contribution in [1.82, 2.24) is 4.90 Å². The van der Waals surface area contributed by atoms with Crippen LogP contribution in [-0.4, -0.2) is 60.0 Å². The summed E-state index contributed by atoms with van der Waals surface area (Å²) in [5, 5.41) is 8.69. The maximum absolute atomic E-state index is 14.0. The third-order valence-corrected chi connectivity index (χ3v) is 3.03. The molecule has 0 saturated carbocycles. The molecular weight excluding hydrogens is 272 g/mol. The van der Waals surface area contributed by atoms with E-state index in [-0.39, 0.29) is 26.3 Å². The molecule has 2 atom stereocenters. The SMILES string of the molecule is CC1CN(C(=O)OC(C)(C)C)CC(OCCO)C1(F)F. The molecule has 0 spiro atoms. The van der Waals surface area contributed by atoms with Gasteiger partial charge < -0.3 is 19.5 Å².